The zero-order chi connectivity index (χ0) is 9.80. The molecule has 0 aromatic carbocycles. The van der Waals surface area contributed by atoms with E-state index in [-0.39, 0.29) is 0 Å². The van der Waals surface area contributed by atoms with E-state index in [1.807, 2.05) is 0 Å². The minimum Gasteiger partial charge on any atom is -0.327 e. The van der Waals surface area contributed by atoms with Gasteiger partial charge in [0.1, 0.15) is 0 Å². The minimum absolute atomic E-state index is 0.491. The highest BCUT2D eigenvalue weighted by Crippen LogP contribution is 2.33. The number of rotatable bonds is 3. The van der Waals surface area contributed by atoms with Gasteiger partial charge in [0, 0.05) is 11.3 Å². The molecule has 2 unspecified atom stereocenters. The highest BCUT2D eigenvalue weighted by Gasteiger charge is 2.25. The average molecular weight is 213 g/mol. The summed E-state index contributed by atoms with van der Waals surface area (Å²) in [5, 5.41) is 0.789. The molecule has 1 saturated heterocycles. The fraction of sp³-hybridized carbons (Fsp3) is 1.00. The molecule has 0 aromatic rings. The van der Waals surface area contributed by atoms with Crippen LogP contribution >= 0.6 is 11.8 Å². The molecular weight excluding hydrogens is 190 g/mol. The van der Waals surface area contributed by atoms with E-state index in [0.717, 1.165) is 11.2 Å². The molecule has 2 rings (SSSR count). The molecule has 0 aromatic heterocycles. The first-order valence-corrected chi connectivity index (χ1v) is 7.28. The van der Waals surface area contributed by atoms with Crippen molar-refractivity contribution in [2.24, 2.45) is 11.7 Å². The zero-order valence-corrected chi connectivity index (χ0v) is 9.90. The summed E-state index contributed by atoms with van der Waals surface area (Å²) in [7, 11) is 0. The van der Waals surface area contributed by atoms with Crippen LogP contribution in [0, 0.1) is 5.92 Å². The normalized spacial score (nSPS) is 31.9. The monoisotopic (exact) mass is 213 g/mol. The second-order valence-corrected chi connectivity index (χ2v) is 6.30. The maximum absolute atomic E-state index is 6.29. The molecule has 2 heteroatoms. The maximum atomic E-state index is 6.29. The lowest BCUT2D eigenvalue weighted by Crippen LogP contribution is -2.33. The van der Waals surface area contributed by atoms with Crippen LogP contribution in [-0.2, 0) is 0 Å². The SMILES string of the molecule is NC(CC1CCCCC1)C1CCCS1. The first-order valence-electron chi connectivity index (χ1n) is 6.23. The second-order valence-electron chi connectivity index (χ2n) is 4.96. The van der Waals surface area contributed by atoms with Gasteiger partial charge in [-0.3, -0.25) is 0 Å². The predicted molar refractivity (Wildman–Crippen MR) is 64.6 cm³/mol. The van der Waals surface area contributed by atoms with Gasteiger partial charge in [0.05, 0.1) is 0 Å². The molecule has 82 valence electrons. The summed E-state index contributed by atoms with van der Waals surface area (Å²) >= 11 is 2.11. The molecule has 2 fully saturated rings. The summed E-state index contributed by atoms with van der Waals surface area (Å²) in [6.07, 6.45) is 11.3. The van der Waals surface area contributed by atoms with Gasteiger partial charge in [0.25, 0.3) is 0 Å². The summed E-state index contributed by atoms with van der Waals surface area (Å²) in [6, 6.07) is 0.491. The maximum Gasteiger partial charge on any atom is 0.0199 e. The van der Waals surface area contributed by atoms with Crippen LogP contribution in [0.1, 0.15) is 51.4 Å². The third kappa shape index (κ3) is 2.90. The van der Waals surface area contributed by atoms with Gasteiger partial charge in [0.2, 0.25) is 0 Å². The Kier molecular flexibility index (Phi) is 4.18. The van der Waals surface area contributed by atoms with Crippen molar-refractivity contribution in [3.8, 4) is 0 Å². The summed E-state index contributed by atoms with van der Waals surface area (Å²) in [5.74, 6) is 2.31. The van der Waals surface area contributed by atoms with Crippen LogP contribution in [0.15, 0.2) is 0 Å². The van der Waals surface area contributed by atoms with Crippen molar-refractivity contribution in [1.29, 1.82) is 0 Å². The average Bonchev–Trinajstić information content (AvgIpc) is 2.72. The van der Waals surface area contributed by atoms with Crippen molar-refractivity contribution >= 4 is 11.8 Å². The van der Waals surface area contributed by atoms with Gasteiger partial charge >= 0.3 is 0 Å². The molecule has 2 atom stereocenters. The Morgan fingerprint density at radius 3 is 2.50 bits per heavy atom. The van der Waals surface area contributed by atoms with Gasteiger partial charge in [-0.1, -0.05) is 32.1 Å². The standard InChI is InChI=1S/C12H23NS/c13-11(12-7-4-8-14-12)9-10-5-2-1-3-6-10/h10-12H,1-9,13H2. The Bertz CT molecular complexity index is 160. The first-order chi connectivity index (χ1) is 6.86. The molecule has 14 heavy (non-hydrogen) atoms. The van der Waals surface area contributed by atoms with E-state index in [1.54, 1.807) is 0 Å². The fourth-order valence-corrected chi connectivity index (χ4v) is 4.23. The van der Waals surface area contributed by atoms with E-state index in [2.05, 4.69) is 11.8 Å². The van der Waals surface area contributed by atoms with Crippen LogP contribution in [0.3, 0.4) is 0 Å². The lowest BCUT2D eigenvalue weighted by Gasteiger charge is -2.27. The van der Waals surface area contributed by atoms with E-state index in [9.17, 15) is 0 Å². The highest BCUT2D eigenvalue weighted by molar-refractivity contribution is 8.00. The number of hydrogen-bond acceptors (Lipinski definition) is 2. The predicted octanol–water partition coefficient (Wildman–Crippen LogP) is 3.18. The third-order valence-corrected chi connectivity index (χ3v) is 5.31. The van der Waals surface area contributed by atoms with E-state index in [0.29, 0.717) is 6.04 Å². The van der Waals surface area contributed by atoms with Crippen LogP contribution < -0.4 is 5.73 Å². The Hall–Kier alpha value is 0.310. The molecule has 0 radical (unpaired) electrons. The fourth-order valence-electron chi connectivity index (χ4n) is 2.90. The molecule has 1 heterocycles. The van der Waals surface area contributed by atoms with Crippen molar-refractivity contribution in [2.75, 3.05) is 5.75 Å². The molecule has 1 aliphatic heterocycles. The topological polar surface area (TPSA) is 26.0 Å². The summed E-state index contributed by atoms with van der Waals surface area (Å²) < 4.78 is 0. The quantitative estimate of drug-likeness (QED) is 0.779. The van der Waals surface area contributed by atoms with Gasteiger partial charge in [0.15, 0.2) is 0 Å². The lowest BCUT2D eigenvalue weighted by atomic mass is 9.84. The van der Waals surface area contributed by atoms with Crippen LogP contribution in [-0.4, -0.2) is 17.0 Å². The number of thioether (sulfide) groups is 1. The molecule has 1 aliphatic carbocycles. The Morgan fingerprint density at radius 2 is 1.86 bits per heavy atom. The Morgan fingerprint density at radius 1 is 1.07 bits per heavy atom. The van der Waals surface area contributed by atoms with Crippen molar-refractivity contribution < 1.29 is 0 Å². The minimum atomic E-state index is 0.491. The van der Waals surface area contributed by atoms with Crippen molar-refractivity contribution in [3.05, 3.63) is 0 Å². The largest absolute Gasteiger partial charge is 0.327 e. The summed E-state index contributed by atoms with van der Waals surface area (Å²) in [4.78, 5) is 0. The summed E-state index contributed by atoms with van der Waals surface area (Å²) in [6.45, 7) is 0. The molecule has 2 aliphatic rings. The summed E-state index contributed by atoms with van der Waals surface area (Å²) in [5.41, 5.74) is 6.29. The van der Waals surface area contributed by atoms with Crippen molar-refractivity contribution in [1.82, 2.24) is 0 Å². The number of hydrogen-bond donors (Lipinski definition) is 1. The van der Waals surface area contributed by atoms with Crippen LogP contribution in [0.2, 0.25) is 0 Å². The Labute approximate surface area is 92.2 Å². The van der Waals surface area contributed by atoms with Gasteiger partial charge in [-0.05, 0) is 30.9 Å². The molecule has 2 N–H and O–H groups in total. The van der Waals surface area contributed by atoms with Crippen molar-refractivity contribution in [3.63, 3.8) is 0 Å². The molecule has 0 bridgehead atoms. The van der Waals surface area contributed by atoms with E-state index < -0.39 is 0 Å². The van der Waals surface area contributed by atoms with E-state index >= 15 is 0 Å². The van der Waals surface area contributed by atoms with Crippen molar-refractivity contribution in [2.45, 2.75) is 62.7 Å². The van der Waals surface area contributed by atoms with Gasteiger partial charge in [-0.2, -0.15) is 11.8 Å². The second kappa shape index (κ2) is 5.41. The molecule has 1 saturated carbocycles. The van der Waals surface area contributed by atoms with Gasteiger partial charge in [-0.25, -0.2) is 0 Å². The smallest absolute Gasteiger partial charge is 0.0199 e. The Balaban J connectivity index is 1.72. The van der Waals surface area contributed by atoms with Crippen LogP contribution in [0.5, 0.6) is 0 Å². The third-order valence-electron chi connectivity index (χ3n) is 3.77. The van der Waals surface area contributed by atoms with Crippen LogP contribution in [0.25, 0.3) is 0 Å². The molecule has 1 nitrogen and oxygen atoms in total. The molecule has 0 amide bonds. The highest BCUT2D eigenvalue weighted by atomic mass is 32.2. The van der Waals surface area contributed by atoms with Gasteiger partial charge < -0.3 is 5.73 Å². The zero-order valence-electron chi connectivity index (χ0n) is 9.08. The molecule has 0 spiro atoms. The lowest BCUT2D eigenvalue weighted by molar-refractivity contribution is 0.314. The van der Waals surface area contributed by atoms with E-state index in [4.69, 9.17) is 5.73 Å². The van der Waals surface area contributed by atoms with Gasteiger partial charge in [-0.15, -0.1) is 0 Å². The van der Waals surface area contributed by atoms with Crippen LogP contribution in [0.4, 0.5) is 0 Å². The molecular formula is C12H23NS. The van der Waals surface area contributed by atoms with E-state index in [1.165, 1.54) is 57.1 Å². The first kappa shape index (κ1) is 10.8. The number of nitrogens with two attached hydrogens (primary N) is 1.